The molecule has 0 saturated carbocycles. The van der Waals surface area contributed by atoms with Crippen LogP contribution < -0.4 is 11.5 Å². The van der Waals surface area contributed by atoms with Gasteiger partial charge >= 0.3 is 0 Å². The maximum absolute atomic E-state index is 11.4. The summed E-state index contributed by atoms with van der Waals surface area (Å²) in [5, 5.41) is 12.0. The van der Waals surface area contributed by atoms with E-state index in [2.05, 4.69) is 0 Å². The van der Waals surface area contributed by atoms with Crippen LogP contribution in [0.1, 0.15) is 27.7 Å². The highest BCUT2D eigenvalue weighted by Crippen LogP contribution is 2.22. The molecule has 0 atom stereocenters. The zero-order valence-electron chi connectivity index (χ0n) is 10.7. The van der Waals surface area contributed by atoms with Gasteiger partial charge in [-0.1, -0.05) is 0 Å². The molecule has 0 bridgehead atoms. The molecule has 0 heterocycles. The van der Waals surface area contributed by atoms with E-state index in [1.54, 1.807) is 0 Å². The first-order valence-corrected chi connectivity index (χ1v) is 4.84. The van der Waals surface area contributed by atoms with Gasteiger partial charge in [-0.2, -0.15) is 0 Å². The van der Waals surface area contributed by atoms with Crippen LogP contribution in [-0.2, 0) is 19.2 Å². The molecule has 0 aromatic carbocycles. The Hall–Kier alpha value is -1.48. The van der Waals surface area contributed by atoms with E-state index in [0.29, 0.717) is 0 Å². The summed E-state index contributed by atoms with van der Waals surface area (Å²) in [5.74, 6) is -3.25. The predicted octanol–water partition coefficient (Wildman–Crippen LogP) is -1.25. The first-order chi connectivity index (χ1) is 8.02. The molecule has 8 nitrogen and oxygen atoms in total. The molecule has 0 radical (unpaired) electrons. The summed E-state index contributed by atoms with van der Waals surface area (Å²) in [7, 11) is 0. The van der Waals surface area contributed by atoms with Crippen LogP contribution in [0, 0.1) is 0 Å². The lowest BCUT2D eigenvalue weighted by atomic mass is 9.68. The van der Waals surface area contributed by atoms with Gasteiger partial charge in [0.2, 0.25) is 0 Å². The van der Waals surface area contributed by atoms with Crippen LogP contribution in [0.2, 0.25) is 0 Å². The topological polar surface area (TPSA) is 161 Å². The molecule has 0 rings (SSSR count). The molecular formula is C10H18N2O6. The third-order valence-corrected chi connectivity index (χ3v) is 2.84. The molecule has 0 aliphatic carbocycles. The summed E-state index contributed by atoms with van der Waals surface area (Å²) in [6, 6.07) is 0. The molecule has 0 aromatic rings. The Morgan fingerprint density at radius 2 is 0.778 bits per heavy atom. The van der Waals surface area contributed by atoms with Crippen LogP contribution in [0.3, 0.4) is 0 Å². The largest absolute Gasteiger partial charge is 0.310 e. The number of nitrogens with two attached hydrogens (primary N) is 2. The van der Waals surface area contributed by atoms with Crippen LogP contribution in [-0.4, -0.2) is 44.7 Å². The molecule has 6 N–H and O–H groups in total. The van der Waals surface area contributed by atoms with E-state index in [1.807, 2.05) is 0 Å². The lowest BCUT2D eigenvalue weighted by Gasteiger charge is -2.38. The van der Waals surface area contributed by atoms with Crippen LogP contribution in [0.15, 0.2) is 0 Å². The molecular weight excluding hydrogens is 244 g/mol. The van der Waals surface area contributed by atoms with Crippen LogP contribution in [0.25, 0.3) is 0 Å². The van der Waals surface area contributed by atoms with E-state index in [0.717, 1.165) is 27.7 Å². The van der Waals surface area contributed by atoms with Gasteiger partial charge in [0, 0.05) is 0 Å². The first-order valence-electron chi connectivity index (χ1n) is 4.84. The first kappa shape index (κ1) is 18.9. The van der Waals surface area contributed by atoms with Crippen molar-refractivity contribution in [1.29, 1.82) is 0 Å². The summed E-state index contributed by atoms with van der Waals surface area (Å²) in [5.41, 5.74) is 6.59. The van der Waals surface area contributed by atoms with Gasteiger partial charge in [0.1, 0.15) is 0 Å². The van der Waals surface area contributed by atoms with Crippen molar-refractivity contribution in [2.45, 2.75) is 38.8 Å². The molecule has 0 amide bonds. The van der Waals surface area contributed by atoms with Gasteiger partial charge in [-0.3, -0.25) is 29.7 Å². The summed E-state index contributed by atoms with van der Waals surface area (Å²) in [6.45, 7) is 4.09. The molecule has 0 fully saturated rings. The number of ketones is 4. The second kappa shape index (κ2) is 6.45. The fourth-order valence-corrected chi connectivity index (χ4v) is 1.61. The van der Waals surface area contributed by atoms with Gasteiger partial charge in [0.05, 0.1) is 0 Å². The van der Waals surface area contributed by atoms with Gasteiger partial charge in [-0.05, 0) is 27.7 Å². The minimum Gasteiger partial charge on any atom is -0.310 e. The molecule has 8 heteroatoms. The van der Waals surface area contributed by atoms with Crippen molar-refractivity contribution in [2.24, 2.45) is 11.5 Å². The summed E-state index contributed by atoms with van der Waals surface area (Å²) in [6.07, 6.45) is 0. The molecule has 0 saturated heterocycles. The van der Waals surface area contributed by atoms with Gasteiger partial charge in [-0.15, -0.1) is 0 Å². The van der Waals surface area contributed by atoms with Crippen molar-refractivity contribution in [3.63, 3.8) is 0 Å². The molecule has 0 unspecified atom stereocenters. The minimum absolute atomic E-state index is 0.812. The number of Topliss-reactive ketones (excluding diaryl/α,β-unsaturated/α-hetero) is 4. The smallest absolute Gasteiger partial charge is 0.166 e. The Balaban J connectivity index is 0. The SMILES string of the molecule is CC(=O)C(N)(C(C)=O)C(N)(C(C)=O)C(C)=O.OO. The van der Waals surface area contributed by atoms with Crippen molar-refractivity contribution in [3.8, 4) is 0 Å². The third kappa shape index (κ3) is 2.67. The Morgan fingerprint density at radius 1 is 0.667 bits per heavy atom. The van der Waals surface area contributed by atoms with E-state index in [1.165, 1.54) is 0 Å². The molecule has 0 aliphatic rings. The Morgan fingerprint density at radius 3 is 0.833 bits per heavy atom. The zero-order chi connectivity index (χ0) is 15.3. The van der Waals surface area contributed by atoms with E-state index in [9.17, 15) is 19.2 Å². The van der Waals surface area contributed by atoms with E-state index in [-0.39, 0.29) is 0 Å². The highest BCUT2D eigenvalue weighted by Gasteiger charge is 2.59. The minimum atomic E-state index is -2.30. The predicted molar refractivity (Wildman–Crippen MR) is 61.8 cm³/mol. The summed E-state index contributed by atoms with van der Waals surface area (Å²) in [4.78, 5) is 45.7. The van der Waals surface area contributed by atoms with Crippen molar-refractivity contribution < 1.29 is 29.7 Å². The van der Waals surface area contributed by atoms with Gasteiger partial charge in [-0.25, -0.2) is 0 Å². The maximum Gasteiger partial charge on any atom is 0.166 e. The lowest BCUT2D eigenvalue weighted by Crippen LogP contribution is -2.78. The van der Waals surface area contributed by atoms with Crippen molar-refractivity contribution in [1.82, 2.24) is 0 Å². The number of carbonyl (C=O) groups excluding carboxylic acids is 4. The fourth-order valence-electron chi connectivity index (χ4n) is 1.61. The van der Waals surface area contributed by atoms with Crippen LogP contribution in [0.5, 0.6) is 0 Å². The maximum atomic E-state index is 11.4. The summed E-state index contributed by atoms with van der Waals surface area (Å²) < 4.78 is 0. The highest BCUT2D eigenvalue weighted by molar-refractivity contribution is 6.25. The van der Waals surface area contributed by atoms with Crippen LogP contribution in [0.4, 0.5) is 0 Å². The second-order valence-electron chi connectivity index (χ2n) is 3.84. The molecule has 0 spiro atoms. The Labute approximate surface area is 104 Å². The number of hydrogen-bond donors (Lipinski definition) is 4. The van der Waals surface area contributed by atoms with Gasteiger partial charge < -0.3 is 11.5 Å². The average Bonchev–Trinajstić information content (AvgIpc) is 2.28. The number of carbonyl (C=O) groups is 4. The molecule has 18 heavy (non-hydrogen) atoms. The van der Waals surface area contributed by atoms with Gasteiger partial charge in [0.25, 0.3) is 0 Å². The average molecular weight is 262 g/mol. The van der Waals surface area contributed by atoms with Gasteiger partial charge in [0.15, 0.2) is 34.2 Å². The van der Waals surface area contributed by atoms with Crippen LogP contribution >= 0.6 is 0 Å². The van der Waals surface area contributed by atoms with E-state index < -0.39 is 34.2 Å². The monoisotopic (exact) mass is 262 g/mol. The number of rotatable bonds is 5. The number of hydrogen-bond acceptors (Lipinski definition) is 8. The van der Waals surface area contributed by atoms with Crippen molar-refractivity contribution in [2.75, 3.05) is 0 Å². The fraction of sp³-hybridized carbons (Fsp3) is 0.600. The second-order valence-corrected chi connectivity index (χ2v) is 3.84. The van der Waals surface area contributed by atoms with Crippen molar-refractivity contribution in [3.05, 3.63) is 0 Å². The van der Waals surface area contributed by atoms with E-state index in [4.69, 9.17) is 22.0 Å². The lowest BCUT2D eigenvalue weighted by molar-refractivity contribution is -0.176. The molecule has 104 valence electrons. The Kier molecular flexibility index (Phi) is 6.77. The Bertz CT molecular complexity index is 313. The zero-order valence-corrected chi connectivity index (χ0v) is 10.7. The third-order valence-electron chi connectivity index (χ3n) is 2.84. The molecule has 0 aliphatic heterocycles. The molecule has 0 aromatic heterocycles. The normalized spacial score (nSPS) is 11.1. The van der Waals surface area contributed by atoms with E-state index >= 15 is 0 Å². The quantitative estimate of drug-likeness (QED) is 0.271. The standard InChI is InChI=1S/C10H16N2O4.H2O2/c1-5(13)9(11,6(2)14)10(12,7(3)15)8(4)16;1-2/h11-12H2,1-4H3;1-2H. The highest BCUT2D eigenvalue weighted by atomic mass is 17.0. The van der Waals surface area contributed by atoms with Crippen molar-refractivity contribution >= 4 is 23.1 Å². The summed E-state index contributed by atoms with van der Waals surface area (Å²) >= 11 is 0.